The Balaban J connectivity index is 2.21. The maximum absolute atomic E-state index is 10.7. The fourth-order valence-corrected chi connectivity index (χ4v) is 2.87. The predicted octanol–water partition coefficient (Wildman–Crippen LogP) is 2.86. The van der Waals surface area contributed by atoms with Crippen molar-refractivity contribution in [3.63, 3.8) is 0 Å². The molecule has 1 aromatic rings. The molecule has 0 aliphatic heterocycles. The van der Waals surface area contributed by atoms with Gasteiger partial charge < -0.3 is 14.6 Å². The largest absolute Gasteiger partial charge is 0.492 e. The molecule has 0 aromatic carbocycles. The van der Waals surface area contributed by atoms with Gasteiger partial charge in [0, 0.05) is 18.9 Å². The lowest BCUT2D eigenvalue weighted by Crippen LogP contribution is -2.40. The predicted molar refractivity (Wildman–Crippen MR) is 73.2 cm³/mol. The van der Waals surface area contributed by atoms with Gasteiger partial charge in [-0.15, -0.1) is 0 Å². The van der Waals surface area contributed by atoms with E-state index < -0.39 is 11.7 Å². The van der Waals surface area contributed by atoms with Gasteiger partial charge >= 0.3 is 0 Å². The third kappa shape index (κ3) is 3.07. The normalized spacial score (nSPS) is 19.9. The minimum Gasteiger partial charge on any atom is -0.492 e. The molecule has 1 heterocycles. The van der Waals surface area contributed by atoms with Crippen molar-refractivity contribution < 1.29 is 14.6 Å². The lowest BCUT2D eigenvalue weighted by Gasteiger charge is -2.40. The van der Waals surface area contributed by atoms with Crippen molar-refractivity contribution in [3.8, 4) is 5.75 Å². The molecular formula is C15H23NO3. The van der Waals surface area contributed by atoms with Crippen LogP contribution in [0.3, 0.4) is 0 Å². The second kappa shape index (κ2) is 6.35. The van der Waals surface area contributed by atoms with Crippen molar-refractivity contribution in [2.75, 3.05) is 13.7 Å². The fraction of sp³-hybridized carbons (Fsp3) is 0.667. The zero-order valence-corrected chi connectivity index (χ0v) is 11.8. The summed E-state index contributed by atoms with van der Waals surface area (Å²) in [4.78, 5) is 4.14. The Hall–Kier alpha value is -1.13. The van der Waals surface area contributed by atoms with E-state index >= 15 is 0 Å². The number of nitrogens with zero attached hydrogens (tertiary/aromatic N) is 1. The average Bonchev–Trinajstić information content (AvgIpc) is 2.48. The van der Waals surface area contributed by atoms with Crippen LogP contribution >= 0.6 is 0 Å². The first-order chi connectivity index (χ1) is 9.22. The smallest absolute Gasteiger partial charge is 0.137 e. The second-order valence-electron chi connectivity index (χ2n) is 5.12. The minimum atomic E-state index is -0.647. The zero-order valence-electron chi connectivity index (χ0n) is 11.8. The number of rotatable bonds is 5. The van der Waals surface area contributed by atoms with Gasteiger partial charge in [-0.2, -0.15) is 0 Å². The van der Waals surface area contributed by atoms with Gasteiger partial charge in [0.05, 0.1) is 18.4 Å². The van der Waals surface area contributed by atoms with Gasteiger partial charge in [0.2, 0.25) is 0 Å². The van der Waals surface area contributed by atoms with E-state index in [0.717, 1.165) is 31.2 Å². The fourth-order valence-electron chi connectivity index (χ4n) is 2.87. The Bertz CT molecular complexity index is 402. The summed E-state index contributed by atoms with van der Waals surface area (Å²) in [6, 6.07) is 1.86. The van der Waals surface area contributed by atoms with Gasteiger partial charge in [-0.05, 0) is 25.8 Å². The molecule has 1 aromatic heterocycles. The lowest BCUT2D eigenvalue weighted by atomic mass is 9.78. The van der Waals surface area contributed by atoms with E-state index in [1.165, 1.54) is 6.42 Å². The summed E-state index contributed by atoms with van der Waals surface area (Å²) in [5.74, 6) is 0.695. The molecule has 2 rings (SSSR count). The molecule has 4 nitrogen and oxygen atoms in total. The first-order valence-electron chi connectivity index (χ1n) is 7.03. The molecule has 106 valence electrons. The molecule has 1 saturated carbocycles. The molecule has 19 heavy (non-hydrogen) atoms. The van der Waals surface area contributed by atoms with Crippen LogP contribution in [0.15, 0.2) is 18.5 Å². The molecular weight excluding hydrogens is 242 g/mol. The molecule has 0 amide bonds. The third-order valence-corrected chi connectivity index (χ3v) is 3.97. The standard InChI is InChI=1S/C15H23NO3/c1-3-19-13-9-12(10-16-11-13)14(17)15(18-2)7-5-4-6-8-15/h9-11,14,17H,3-8H2,1-2H3. The van der Waals surface area contributed by atoms with Gasteiger partial charge in [0.1, 0.15) is 11.9 Å². The Morgan fingerprint density at radius 3 is 2.68 bits per heavy atom. The summed E-state index contributed by atoms with van der Waals surface area (Å²) < 4.78 is 11.1. The number of hydrogen-bond donors (Lipinski definition) is 1. The second-order valence-corrected chi connectivity index (χ2v) is 5.12. The van der Waals surface area contributed by atoms with Crippen LogP contribution in [0, 0.1) is 0 Å². The van der Waals surface area contributed by atoms with Gasteiger partial charge in [-0.25, -0.2) is 0 Å². The van der Waals surface area contributed by atoms with E-state index in [2.05, 4.69) is 4.98 Å². The van der Waals surface area contributed by atoms with Crippen molar-refractivity contribution in [1.82, 2.24) is 4.98 Å². The van der Waals surface area contributed by atoms with Crippen LogP contribution in [0.5, 0.6) is 5.75 Å². The van der Waals surface area contributed by atoms with Crippen LogP contribution in [0.4, 0.5) is 0 Å². The van der Waals surface area contributed by atoms with Crippen molar-refractivity contribution in [1.29, 1.82) is 0 Å². The number of hydrogen-bond acceptors (Lipinski definition) is 4. The van der Waals surface area contributed by atoms with Gasteiger partial charge in [0.15, 0.2) is 0 Å². The molecule has 0 spiro atoms. The summed E-state index contributed by atoms with van der Waals surface area (Å²) in [6.07, 6.45) is 7.92. The number of methoxy groups -OCH3 is 1. The highest BCUT2D eigenvalue weighted by Crippen LogP contribution is 2.41. The minimum absolute atomic E-state index is 0.467. The topological polar surface area (TPSA) is 51.6 Å². The van der Waals surface area contributed by atoms with Gasteiger partial charge in [-0.3, -0.25) is 4.98 Å². The summed E-state index contributed by atoms with van der Waals surface area (Å²) in [7, 11) is 1.69. The SMILES string of the molecule is CCOc1cncc(C(O)C2(OC)CCCCC2)c1. The van der Waals surface area contributed by atoms with E-state index in [4.69, 9.17) is 9.47 Å². The van der Waals surface area contributed by atoms with Crippen LogP contribution in [-0.4, -0.2) is 29.4 Å². The first-order valence-corrected chi connectivity index (χ1v) is 7.03. The first kappa shape index (κ1) is 14.3. The Kier molecular flexibility index (Phi) is 4.77. The van der Waals surface area contributed by atoms with E-state index in [1.54, 1.807) is 19.5 Å². The Morgan fingerprint density at radius 1 is 1.32 bits per heavy atom. The molecule has 0 saturated heterocycles. The molecule has 0 radical (unpaired) electrons. The molecule has 1 N–H and O–H groups in total. The zero-order chi connectivity index (χ0) is 13.7. The number of aromatic nitrogens is 1. The maximum Gasteiger partial charge on any atom is 0.137 e. The van der Waals surface area contributed by atoms with Crippen LogP contribution < -0.4 is 4.74 Å². The molecule has 1 unspecified atom stereocenters. The van der Waals surface area contributed by atoms with Crippen molar-refractivity contribution in [2.45, 2.75) is 50.7 Å². The maximum atomic E-state index is 10.7. The summed E-state index contributed by atoms with van der Waals surface area (Å²) in [5.41, 5.74) is 0.305. The van der Waals surface area contributed by atoms with Crippen molar-refractivity contribution in [2.24, 2.45) is 0 Å². The summed E-state index contributed by atoms with van der Waals surface area (Å²) >= 11 is 0. The van der Waals surface area contributed by atoms with Crippen molar-refractivity contribution in [3.05, 3.63) is 24.0 Å². The van der Waals surface area contributed by atoms with E-state index in [0.29, 0.717) is 12.4 Å². The molecule has 1 aliphatic rings. The van der Waals surface area contributed by atoms with E-state index in [1.807, 2.05) is 13.0 Å². The highest BCUT2D eigenvalue weighted by molar-refractivity contribution is 5.27. The van der Waals surface area contributed by atoms with E-state index in [-0.39, 0.29) is 0 Å². The summed E-state index contributed by atoms with van der Waals surface area (Å²) in [6.45, 7) is 2.53. The van der Waals surface area contributed by atoms with E-state index in [9.17, 15) is 5.11 Å². The van der Waals surface area contributed by atoms with Crippen molar-refractivity contribution >= 4 is 0 Å². The third-order valence-electron chi connectivity index (χ3n) is 3.97. The van der Waals surface area contributed by atoms with Gasteiger partial charge in [0.25, 0.3) is 0 Å². The van der Waals surface area contributed by atoms with Crippen LogP contribution in [0.1, 0.15) is 50.7 Å². The highest BCUT2D eigenvalue weighted by atomic mass is 16.5. The Morgan fingerprint density at radius 2 is 2.05 bits per heavy atom. The molecule has 1 fully saturated rings. The Labute approximate surface area is 114 Å². The number of ether oxygens (including phenoxy) is 2. The molecule has 4 heteroatoms. The number of pyridine rings is 1. The quantitative estimate of drug-likeness (QED) is 0.889. The molecule has 0 bridgehead atoms. The monoisotopic (exact) mass is 265 g/mol. The average molecular weight is 265 g/mol. The van der Waals surface area contributed by atoms with Crippen LogP contribution in [-0.2, 0) is 4.74 Å². The van der Waals surface area contributed by atoms with Crippen LogP contribution in [0.25, 0.3) is 0 Å². The molecule has 1 atom stereocenters. The highest BCUT2D eigenvalue weighted by Gasteiger charge is 2.40. The number of aliphatic hydroxyl groups is 1. The lowest BCUT2D eigenvalue weighted by molar-refractivity contribution is -0.125. The van der Waals surface area contributed by atoms with Gasteiger partial charge in [-0.1, -0.05) is 19.3 Å². The summed E-state index contributed by atoms with van der Waals surface area (Å²) in [5, 5.41) is 10.7. The van der Waals surface area contributed by atoms with Crippen LogP contribution in [0.2, 0.25) is 0 Å². The number of aliphatic hydroxyl groups excluding tert-OH is 1. The molecule has 1 aliphatic carbocycles.